The zero-order valence-electron chi connectivity index (χ0n) is 11.6. The molecule has 0 saturated carbocycles. The van der Waals surface area contributed by atoms with Gasteiger partial charge in [-0.2, -0.15) is 0 Å². The number of hydrogen-bond donors (Lipinski definition) is 2. The van der Waals surface area contributed by atoms with Crippen LogP contribution in [0.3, 0.4) is 0 Å². The average Bonchev–Trinajstić information content (AvgIpc) is 2.80. The minimum atomic E-state index is -0.0266. The number of carbonyl (C=O) groups excluding carboxylic acids is 1. The summed E-state index contributed by atoms with van der Waals surface area (Å²) in [5.74, 6) is 1.17. The molecule has 1 amide bonds. The van der Waals surface area contributed by atoms with E-state index in [9.17, 15) is 4.79 Å². The highest BCUT2D eigenvalue weighted by Crippen LogP contribution is 2.36. The molecule has 0 spiro atoms. The molecule has 0 unspecified atom stereocenters. The Morgan fingerprint density at radius 2 is 2.14 bits per heavy atom. The fourth-order valence-corrected chi connectivity index (χ4v) is 2.63. The normalized spacial score (nSPS) is 13.0. The van der Waals surface area contributed by atoms with Crippen LogP contribution in [0.1, 0.15) is 18.1 Å². The molecule has 0 radical (unpaired) electrons. The molecule has 1 aliphatic heterocycles. The third-order valence-electron chi connectivity index (χ3n) is 3.49. The van der Waals surface area contributed by atoms with Crippen molar-refractivity contribution < 1.29 is 9.53 Å². The van der Waals surface area contributed by atoms with Gasteiger partial charge in [0.25, 0.3) is 0 Å². The molecule has 5 heteroatoms. The van der Waals surface area contributed by atoms with Crippen LogP contribution in [0.5, 0.6) is 11.5 Å². The van der Waals surface area contributed by atoms with Gasteiger partial charge in [0.2, 0.25) is 5.91 Å². The number of rotatable bonds is 3. The standard InChI is InChI=1S/C16H15ClN2O2/c1-2-9-5-11(3-4-12(9)17)21-15-8-14-10(6-13(15)18)7-16(20)19-14/h3-6,8H,2,7,18H2,1H3,(H,19,20). The number of ether oxygens (including phenoxy) is 1. The number of benzene rings is 2. The number of aryl methyl sites for hydroxylation is 1. The Morgan fingerprint density at radius 3 is 2.90 bits per heavy atom. The monoisotopic (exact) mass is 302 g/mol. The summed E-state index contributed by atoms with van der Waals surface area (Å²) < 4.78 is 5.83. The predicted octanol–water partition coefficient (Wildman–Crippen LogP) is 3.77. The van der Waals surface area contributed by atoms with Gasteiger partial charge in [-0.25, -0.2) is 0 Å². The summed E-state index contributed by atoms with van der Waals surface area (Å²) in [5, 5.41) is 3.51. The molecule has 2 aromatic carbocycles. The smallest absolute Gasteiger partial charge is 0.228 e. The number of anilines is 2. The Balaban J connectivity index is 1.92. The molecule has 3 rings (SSSR count). The number of hydrogen-bond acceptors (Lipinski definition) is 3. The number of nitrogens with two attached hydrogens (primary N) is 1. The minimum absolute atomic E-state index is 0.0266. The van der Waals surface area contributed by atoms with Gasteiger partial charge in [0, 0.05) is 16.8 Å². The molecule has 21 heavy (non-hydrogen) atoms. The molecule has 1 aliphatic rings. The first kappa shape index (κ1) is 13.8. The number of nitrogens with one attached hydrogen (secondary N) is 1. The summed E-state index contributed by atoms with van der Waals surface area (Å²) in [4.78, 5) is 11.4. The van der Waals surface area contributed by atoms with E-state index >= 15 is 0 Å². The molecule has 0 atom stereocenters. The topological polar surface area (TPSA) is 64.3 Å². The predicted molar refractivity (Wildman–Crippen MR) is 84.1 cm³/mol. The first-order valence-corrected chi connectivity index (χ1v) is 7.13. The van der Waals surface area contributed by atoms with Gasteiger partial charge in [-0.1, -0.05) is 18.5 Å². The Morgan fingerprint density at radius 1 is 1.33 bits per heavy atom. The van der Waals surface area contributed by atoms with Gasteiger partial charge in [-0.05, 0) is 41.8 Å². The fourth-order valence-electron chi connectivity index (χ4n) is 2.37. The Hall–Kier alpha value is -2.20. The minimum Gasteiger partial charge on any atom is -0.455 e. The highest BCUT2D eigenvalue weighted by molar-refractivity contribution is 6.31. The van der Waals surface area contributed by atoms with Crippen LogP contribution in [-0.4, -0.2) is 5.91 Å². The summed E-state index contributed by atoms with van der Waals surface area (Å²) in [5.41, 5.74) is 9.18. The van der Waals surface area contributed by atoms with Crippen LogP contribution in [0.4, 0.5) is 11.4 Å². The van der Waals surface area contributed by atoms with Crippen LogP contribution in [0.15, 0.2) is 30.3 Å². The van der Waals surface area contributed by atoms with Gasteiger partial charge in [-0.3, -0.25) is 4.79 Å². The van der Waals surface area contributed by atoms with Crippen LogP contribution in [-0.2, 0) is 17.6 Å². The van der Waals surface area contributed by atoms with Crippen LogP contribution >= 0.6 is 11.6 Å². The molecule has 0 aliphatic carbocycles. The lowest BCUT2D eigenvalue weighted by Gasteiger charge is -2.12. The van der Waals surface area contributed by atoms with Crippen molar-refractivity contribution in [3.63, 3.8) is 0 Å². The lowest BCUT2D eigenvalue weighted by molar-refractivity contribution is -0.115. The van der Waals surface area contributed by atoms with E-state index in [2.05, 4.69) is 5.32 Å². The maximum Gasteiger partial charge on any atom is 0.228 e. The van der Waals surface area contributed by atoms with E-state index in [0.717, 1.165) is 28.3 Å². The van der Waals surface area contributed by atoms with E-state index in [1.807, 2.05) is 13.0 Å². The number of amides is 1. The number of fused-ring (bicyclic) bond motifs is 1. The molecule has 108 valence electrons. The van der Waals surface area contributed by atoms with E-state index in [1.54, 1.807) is 24.3 Å². The van der Waals surface area contributed by atoms with Crippen LogP contribution in [0.25, 0.3) is 0 Å². The molecule has 4 nitrogen and oxygen atoms in total. The maximum absolute atomic E-state index is 11.4. The van der Waals surface area contributed by atoms with Crippen molar-refractivity contribution in [2.75, 3.05) is 11.1 Å². The summed E-state index contributed by atoms with van der Waals surface area (Å²) in [7, 11) is 0. The zero-order chi connectivity index (χ0) is 15.0. The molecule has 3 N–H and O–H groups in total. The molecule has 1 heterocycles. The summed E-state index contributed by atoms with van der Waals surface area (Å²) >= 11 is 6.10. The Kier molecular flexibility index (Phi) is 3.47. The second-order valence-electron chi connectivity index (χ2n) is 4.98. The number of nitrogen functional groups attached to an aromatic ring is 1. The number of carbonyl (C=O) groups is 1. The van der Waals surface area contributed by atoms with E-state index in [-0.39, 0.29) is 5.91 Å². The first-order chi connectivity index (χ1) is 10.1. The quantitative estimate of drug-likeness (QED) is 0.848. The molecule has 0 aromatic heterocycles. The van der Waals surface area contributed by atoms with Crippen molar-refractivity contribution in [3.05, 3.63) is 46.5 Å². The molecular formula is C16H15ClN2O2. The van der Waals surface area contributed by atoms with E-state index in [0.29, 0.717) is 23.6 Å². The van der Waals surface area contributed by atoms with Crippen molar-refractivity contribution in [3.8, 4) is 11.5 Å². The zero-order valence-corrected chi connectivity index (χ0v) is 12.3. The van der Waals surface area contributed by atoms with Crippen molar-refractivity contribution in [2.24, 2.45) is 0 Å². The molecule has 0 bridgehead atoms. The largest absolute Gasteiger partial charge is 0.455 e. The Bertz CT molecular complexity index is 728. The average molecular weight is 303 g/mol. The van der Waals surface area contributed by atoms with E-state index < -0.39 is 0 Å². The van der Waals surface area contributed by atoms with Crippen molar-refractivity contribution in [2.45, 2.75) is 19.8 Å². The molecular weight excluding hydrogens is 288 g/mol. The molecule has 0 saturated heterocycles. The highest BCUT2D eigenvalue weighted by atomic mass is 35.5. The van der Waals surface area contributed by atoms with Gasteiger partial charge < -0.3 is 15.8 Å². The summed E-state index contributed by atoms with van der Waals surface area (Å²) in [6.45, 7) is 2.03. The van der Waals surface area contributed by atoms with Crippen molar-refractivity contribution in [1.82, 2.24) is 0 Å². The second-order valence-corrected chi connectivity index (χ2v) is 5.39. The summed E-state index contributed by atoms with van der Waals surface area (Å²) in [6, 6.07) is 9.04. The molecule has 0 fully saturated rings. The lowest BCUT2D eigenvalue weighted by atomic mass is 10.1. The summed E-state index contributed by atoms with van der Waals surface area (Å²) in [6.07, 6.45) is 1.19. The number of halogens is 1. The van der Waals surface area contributed by atoms with Crippen LogP contribution in [0.2, 0.25) is 5.02 Å². The van der Waals surface area contributed by atoms with Crippen molar-refractivity contribution in [1.29, 1.82) is 0 Å². The van der Waals surface area contributed by atoms with E-state index in [1.165, 1.54) is 0 Å². The lowest BCUT2D eigenvalue weighted by Crippen LogP contribution is -2.03. The van der Waals surface area contributed by atoms with Gasteiger partial charge >= 0.3 is 0 Å². The molecule has 2 aromatic rings. The van der Waals surface area contributed by atoms with Crippen LogP contribution < -0.4 is 15.8 Å². The van der Waals surface area contributed by atoms with Crippen molar-refractivity contribution >= 4 is 28.9 Å². The highest BCUT2D eigenvalue weighted by Gasteiger charge is 2.20. The van der Waals surface area contributed by atoms with Gasteiger partial charge in [-0.15, -0.1) is 0 Å². The van der Waals surface area contributed by atoms with Gasteiger partial charge in [0.15, 0.2) is 5.75 Å². The van der Waals surface area contributed by atoms with Crippen LogP contribution in [0, 0.1) is 0 Å². The second kappa shape index (κ2) is 5.30. The third-order valence-corrected chi connectivity index (χ3v) is 3.86. The van der Waals surface area contributed by atoms with E-state index in [4.69, 9.17) is 22.1 Å². The Labute approximate surface area is 127 Å². The van der Waals surface area contributed by atoms with Gasteiger partial charge in [0.1, 0.15) is 5.75 Å². The third kappa shape index (κ3) is 2.67. The SMILES string of the molecule is CCc1cc(Oc2cc3c(cc2N)CC(=O)N3)ccc1Cl. The first-order valence-electron chi connectivity index (χ1n) is 6.75. The fraction of sp³-hybridized carbons (Fsp3) is 0.188. The van der Waals surface area contributed by atoms with Gasteiger partial charge in [0.05, 0.1) is 12.1 Å². The maximum atomic E-state index is 11.4.